The molecule has 0 saturated carbocycles. The predicted octanol–water partition coefficient (Wildman–Crippen LogP) is 0.856. The Labute approximate surface area is 187 Å². The molecular formula is C24H30N4O4. The smallest absolute Gasteiger partial charge is 0.230 e. The van der Waals surface area contributed by atoms with E-state index in [1.54, 1.807) is 6.07 Å². The topological polar surface area (TPSA) is 98.8 Å². The third-order valence-electron chi connectivity index (χ3n) is 7.50. The summed E-state index contributed by atoms with van der Waals surface area (Å²) in [5.41, 5.74) is 1.77. The number of piperidine rings is 2. The quantitative estimate of drug-likeness (QED) is 0.531. The number of piperazine rings is 1. The number of imide groups is 1. The van der Waals surface area contributed by atoms with Crippen LogP contribution in [0.5, 0.6) is 0 Å². The number of anilines is 1. The Morgan fingerprint density at radius 1 is 0.875 bits per heavy atom. The number of fused-ring (bicyclic) bond motifs is 1. The van der Waals surface area contributed by atoms with E-state index in [0.29, 0.717) is 11.1 Å². The number of hydrogen-bond acceptors (Lipinski definition) is 7. The number of amides is 2. The van der Waals surface area contributed by atoms with Crippen LogP contribution in [-0.4, -0.2) is 74.1 Å². The molecule has 2 unspecified atom stereocenters. The second kappa shape index (κ2) is 8.75. The number of nitrogens with one attached hydrogen (secondary N) is 2. The van der Waals surface area contributed by atoms with Crippen molar-refractivity contribution in [2.45, 2.75) is 25.7 Å². The lowest BCUT2D eigenvalue weighted by Gasteiger charge is -2.38. The van der Waals surface area contributed by atoms with Crippen LogP contribution >= 0.6 is 0 Å². The number of carbonyl (C=O) groups is 4. The van der Waals surface area contributed by atoms with E-state index in [2.05, 4.69) is 20.4 Å². The lowest BCUT2D eigenvalue weighted by atomic mass is 9.82. The molecule has 2 N–H and O–H groups in total. The Morgan fingerprint density at radius 3 is 2.31 bits per heavy atom. The Kier molecular flexibility index (Phi) is 5.82. The van der Waals surface area contributed by atoms with Crippen LogP contribution in [0, 0.1) is 17.8 Å². The Hall–Kier alpha value is -2.58. The van der Waals surface area contributed by atoms with Gasteiger partial charge < -0.3 is 10.2 Å². The van der Waals surface area contributed by atoms with Crippen molar-refractivity contribution in [3.05, 3.63) is 29.3 Å². The van der Waals surface area contributed by atoms with Gasteiger partial charge in [-0.25, -0.2) is 0 Å². The van der Waals surface area contributed by atoms with Crippen molar-refractivity contribution in [1.82, 2.24) is 15.5 Å². The Morgan fingerprint density at radius 2 is 1.59 bits per heavy atom. The molecule has 0 spiro atoms. The van der Waals surface area contributed by atoms with Gasteiger partial charge in [0.05, 0.1) is 11.8 Å². The number of rotatable bonds is 4. The van der Waals surface area contributed by atoms with E-state index in [4.69, 9.17) is 0 Å². The molecule has 5 rings (SSSR count). The second-order valence-electron chi connectivity index (χ2n) is 9.47. The van der Waals surface area contributed by atoms with Crippen LogP contribution in [0.1, 0.15) is 46.4 Å². The van der Waals surface area contributed by atoms with E-state index in [0.717, 1.165) is 57.4 Å². The largest absolute Gasteiger partial charge is 0.369 e. The summed E-state index contributed by atoms with van der Waals surface area (Å²) in [6.07, 6.45) is 2.90. The van der Waals surface area contributed by atoms with Gasteiger partial charge in [0, 0.05) is 56.0 Å². The molecule has 2 atom stereocenters. The summed E-state index contributed by atoms with van der Waals surface area (Å²) in [5.74, 6) is -2.43. The molecule has 170 valence electrons. The van der Waals surface area contributed by atoms with E-state index in [9.17, 15) is 19.2 Å². The fraction of sp³-hybridized carbons (Fsp3) is 0.583. The third-order valence-corrected chi connectivity index (χ3v) is 7.50. The van der Waals surface area contributed by atoms with Crippen LogP contribution in [-0.2, 0) is 9.59 Å². The summed E-state index contributed by atoms with van der Waals surface area (Å²) >= 11 is 0. The summed E-state index contributed by atoms with van der Waals surface area (Å²) in [6.45, 7) is 7.16. The van der Waals surface area contributed by atoms with Gasteiger partial charge in [-0.3, -0.25) is 29.4 Å². The standard InChI is InChI=1S/C24H30N4O4/c29-20-4-3-18(24(32)26-20)21-22(30)17-2-1-16(13-19(17)23(21)31)28-11-9-27(10-12-28)14-15-5-7-25-8-6-15/h1-2,13,15,18,21,25H,3-12,14H2,(H,26,29,32). The minimum atomic E-state index is -1.00. The highest BCUT2D eigenvalue weighted by Crippen LogP contribution is 2.37. The van der Waals surface area contributed by atoms with Crippen molar-refractivity contribution in [2.24, 2.45) is 17.8 Å². The molecule has 0 aromatic heterocycles. The van der Waals surface area contributed by atoms with Crippen molar-refractivity contribution >= 4 is 29.1 Å². The molecule has 1 aliphatic carbocycles. The number of Topliss-reactive ketones (excluding diaryl/α,β-unsaturated/α-hetero) is 2. The van der Waals surface area contributed by atoms with Crippen LogP contribution in [0.25, 0.3) is 0 Å². The van der Waals surface area contributed by atoms with Crippen molar-refractivity contribution in [1.29, 1.82) is 0 Å². The zero-order chi connectivity index (χ0) is 22.2. The van der Waals surface area contributed by atoms with Gasteiger partial charge in [0.15, 0.2) is 11.6 Å². The van der Waals surface area contributed by atoms with Crippen LogP contribution in [0.2, 0.25) is 0 Å². The Balaban J connectivity index is 1.25. The molecule has 32 heavy (non-hydrogen) atoms. The minimum absolute atomic E-state index is 0.163. The maximum absolute atomic E-state index is 13.1. The number of nitrogens with zero attached hydrogens (tertiary/aromatic N) is 2. The fourth-order valence-corrected chi connectivity index (χ4v) is 5.61. The monoisotopic (exact) mass is 438 g/mol. The van der Waals surface area contributed by atoms with Gasteiger partial charge in [0.1, 0.15) is 0 Å². The average Bonchev–Trinajstić information content (AvgIpc) is 3.05. The molecule has 8 heteroatoms. The van der Waals surface area contributed by atoms with Crippen molar-refractivity contribution in [3.63, 3.8) is 0 Å². The molecule has 3 fully saturated rings. The Bertz CT molecular complexity index is 947. The molecule has 1 aromatic rings. The van der Waals surface area contributed by atoms with E-state index in [1.165, 1.54) is 12.8 Å². The molecule has 2 amide bonds. The predicted molar refractivity (Wildman–Crippen MR) is 119 cm³/mol. The van der Waals surface area contributed by atoms with Crippen molar-refractivity contribution in [2.75, 3.05) is 50.7 Å². The summed E-state index contributed by atoms with van der Waals surface area (Å²) in [5, 5.41) is 5.69. The summed E-state index contributed by atoms with van der Waals surface area (Å²) in [4.78, 5) is 54.6. The zero-order valence-corrected chi connectivity index (χ0v) is 18.3. The number of ketones is 2. The molecule has 1 aromatic carbocycles. The van der Waals surface area contributed by atoms with Gasteiger partial charge in [-0.2, -0.15) is 0 Å². The fourth-order valence-electron chi connectivity index (χ4n) is 5.61. The molecule has 3 aliphatic heterocycles. The molecule has 0 bridgehead atoms. The molecule has 3 saturated heterocycles. The number of hydrogen-bond donors (Lipinski definition) is 2. The molecule has 0 radical (unpaired) electrons. The first-order valence-electron chi connectivity index (χ1n) is 11.8. The second-order valence-corrected chi connectivity index (χ2v) is 9.47. The summed E-state index contributed by atoms with van der Waals surface area (Å²) in [6, 6.07) is 5.47. The lowest BCUT2D eigenvalue weighted by Crippen LogP contribution is -2.48. The van der Waals surface area contributed by atoms with E-state index >= 15 is 0 Å². The molecular weight excluding hydrogens is 408 g/mol. The maximum Gasteiger partial charge on any atom is 0.230 e. The normalized spacial score (nSPS) is 27.6. The number of benzene rings is 1. The van der Waals surface area contributed by atoms with Crippen LogP contribution in [0.4, 0.5) is 5.69 Å². The van der Waals surface area contributed by atoms with Crippen molar-refractivity contribution in [3.8, 4) is 0 Å². The van der Waals surface area contributed by atoms with Gasteiger partial charge in [-0.1, -0.05) is 0 Å². The van der Waals surface area contributed by atoms with Crippen LogP contribution in [0.3, 0.4) is 0 Å². The highest BCUT2D eigenvalue weighted by atomic mass is 16.2. The van der Waals surface area contributed by atoms with E-state index in [-0.39, 0.29) is 30.3 Å². The van der Waals surface area contributed by atoms with E-state index in [1.807, 2.05) is 12.1 Å². The van der Waals surface area contributed by atoms with Gasteiger partial charge in [-0.15, -0.1) is 0 Å². The highest BCUT2D eigenvalue weighted by Gasteiger charge is 2.47. The first-order valence-corrected chi connectivity index (χ1v) is 11.8. The van der Waals surface area contributed by atoms with Crippen LogP contribution in [0.15, 0.2) is 18.2 Å². The summed E-state index contributed by atoms with van der Waals surface area (Å²) < 4.78 is 0. The molecule has 4 aliphatic rings. The minimum Gasteiger partial charge on any atom is -0.369 e. The molecule has 8 nitrogen and oxygen atoms in total. The SMILES string of the molecule is O=C1CCC(C2C(=O)c3ccc(N4CCN(CC5CCNCC5)CC4)cc3C2=O)C(=O)N1. The lowest BCUT2D eigenvalue weighted by molar-refractivity contribution is -0.137. The summed E-state index contributed by atoms with van der Waals surface area (Å²) in [7, 11) is 0. The maximum atomic E-state index is 13.1. The van der Waals surface area contributed by atoms with Gasteiger partial charge in [-0.05, 0) is 56.5 Å². The number of carbonyl (C=O) groups excluding carboxylic acids is 4. The zero-order valence-electron chi connectivity index (χ0n) is 18.3. The van der Waals surface area contributed by atoms with Gasteiger partial charge in [0.2, 0.25) is 11.8 Å². The first kappa shape index (κ1) is 21.3. The first-order chi connectivity index (χ1) is 15.5. The third kappa shape index (κ3) is 3.97. The van der Waals surface area contributed by atoms with E-state index < -0.39 is 17.7 Å². The molecule has 3 heterocycles. The average molecular weight is 439 g/mol. The van der Waals surface area contributed by atoms with Gasteiger partial charge in [0.25, 0.3) is 0 Å². The van der Waals surface area contributed by atoms with Crippen molar-refractivity contribution < 1.29 is 19.2 Å². The van der Waals surface area contributed by atoms with Crippen LogP contribution < -0.4 is 15.5 Å². The van der Waals surface area contributed by atoms with Gasteiger partial charge >= 0.3 is 0 Å². The highest BCUT2D eigenvalue weighted by molar-refractivity contribution is 6.28.